The number of thiophene rings is 1. The first-order valence-corrected chi connectivity index (χ1v) is 7.00. The van der Waals surface area contributed by atoms with Crippen LogP contribution < -0.4 is 5.32 Å². The minimum absolute atomic E-state index is 0.342. The Kier molecular flexibility index (Phi) is 4.94. The molecule has 0 radical (unpaired) electrons. The number of aryl methyl sites for hydroxylation is 1. The number of likely N-dealkylation sites (N-methyl/N-ethyl adjacent to an activating group) is 1. The van der Waals surface area contributed by atoms with Crippen LogP contribution in [0.5, 0.6) is 0 Å². The van der Waals surface area contributed by atoms with Gasteiger partial charge in [0.15, 0.2) is 0 Å². The molecule has 106 valence electrons. The van der Waals surface area contributed by atoms with E-state index in [0.29, 0.717) is 13.1 Å². The van der Waals surface area contributed by atoms with Crippen LogP contribution in [0.25, 0.3) is 0 Å². The van der Waals surface area contributed by atoms with Gasteiger partial charge in [-0.15, -0.1) is 11.3 Å². The number of carbonyl (C=O) groups is 2. The average molecular weight is 284 g/mol. The predicted molar refractivity (Wildman–Crippen MR) is 75.4 cm³/mol. The molecule has 0 aliphatic heterocycles. The Balaban J connectivity index is 2.70. The second-order valence-corrected chi connectivity index (χ2v) is 5.79. The molecule has 6 heteroatoms. The summed E-state index contributed by atoms with van der Waals surface area (Å²) in [6.45, 7) is 7.56. The second kappa shape index (κ2) is 6.06. The summed E-state index contributed by atoms with van der Waals surface area (Å²) >= 11 is 1.58. The highest BCUT2D eigenvalue weighted by Crippen LogP contribution is 2.17. The highest BCUT2D eigenvalue weighted by atomic mass is 32.1. The monoisotopic (exact) mass is 284 g/mol. The van der Waals surface area contributed by atoms with Crippen LogP contribution in [0, 0.1) is 6.92 Å². The lowest BCUT2D eigenvalue weighted by atomic mass is 10.0. The molecule has 0 unspecified atom stereocenters. The van der Waals surface area contributed by atoms with E-state index in [0.717, 1.165) is 10.4 Å². The molecule has 2 N–H and O–H groups in total. The van der Waals surface area contributed by atoms with Crippen LogP contribution in [-0.4, -0.2) is 34.1 Å². The largest absolute Gasteiger partial charge is 0.480 e. The third kappa shape index (κ3) is 3.47. The Hall–Kier alpha value is -1.56. The van der Waals surface area contributed by atoms with Gasteiger partial charge in [-0.1, -0.05) is 0 Å². The fourth-order valence-electron chi connectivity index (χ4n) is 1.74. The van der Waals surface area contributed by atoms with Gasteiger partial charge in [0.05, 0.1) is 6.54 Å². The maximum atomic E-state index is 12.1. The molecule has 0 saturated carbocycles. The lowest BCUT2D eigenvalue weighted by Gasteiger charge is -2.34. The van der Waals surface area contributed by atoms with Gasteiger partial charge in [0.1, 0.15) is 5.54 Å². The van der Waals surface area contributed by atoms with Gasteiger partial charge in [0, 0.05) is 11.4 Å². The predicted octanol–water partition coefficient (Wildman–Crippen LogP) is 2.45. The van der Waals surface area contributed by atoms with Crippen LogP contribution >= 0.6 is 11.3 Å². The smallest absolute Gasteiger partial charge is 0.329 e. The maximum absolute atomic E-state index is 12.1. The Bertz CT molecular complexity index is 468. The number of carboxylic acids is 1. The molecular weight excluding hydrogens is 264 g/mol. The number of nitrogens with one attached hydrogen (secondary N) is 1. The quantitative estimate of drug-likeness (QED) is 0.872. The zero-order valence-corrected chi connectivity index (χ0v) is 12.5. The summed E-state index contributed by atoms with van der Waals surface area (Å²) in [5.41, 5.74) is -0.0885. The van der Waals surface area contributed by atoms with Gasteiger partial charge in [-0.2, -0.15) is 0 Å². The van der Waals surface area contributed by atoms with Crippen LogP contribution in [-0.2, 0) is 11.3 Å². The zero-order chi connectivity index (χ0) is 14.6. The van der Waals surface area contributed by atoms with Crippen molar-refractivity contribution in [3.63, 3.8) is 0 Å². The van der Waals surface area contributed by atoms with E-state index in [1.54, 1.807) is 18.3 Å². The zero-order valence-electron chi connectivity index (χ0n) is 11.7. The van der Waals surface area contributed by atoms with Crippen molar-refractivity contribution in [2.24, 2.45) is 0 Å². The Labute approximate surface area is 117 Å². The Morgan fingerprint density at radius 1 is 1.47 bits per heavy atom. The Morgan fingerprint density at radius 3 is 2.53 bits per heavy atom. The lowest BCUT2D eigenvalue weighted by Crippen LogP contribution is -2.55. The number of hydrogen-bond donors (Lipinski definition) is 2. The summed E-state index contributed by atoms with van der Waals surface area (Å²) in [4.78, 5) is 25.7. The molecular formula is C13H20N2O3S. The number of aliphatic carboxylic acids is 1. The molecule has 0 bridgehead atoms. The average Bonchev–Trinajstić information content (AvgIpc) is 2.72. The van der Waals surface area contributed by atoms with Crippen molar-refractivity contribution >= 4 is 23.3 Å². The van der Waals surface area contributed by atoms with Gasteiger partial charge in [0.2, 0.25) is 0 Å². The molecule has 0 aliphatic rings. The van der Waals surface area contributed by atoms with Crippen LogP contribution in [0.4, 0.5) is 4.79 Å². The summed E-state index contributed by atoms with van der Waals surface area (Å²) in [5.74, 6) is -1.02. The molecule has 19 heavy (non-hydrogen) atoms. The van der Waals surface area contributed by atoms with Crippen molar-refractivity contribution in [3.05, 3.63) is 21.9 Å². The van der Waals surface area contributed by atoms with Gasteiger partial charge in [-0.3, -0.25) is 0 Å². The number of amides is 2. The third-order valence-corrected chi connectivity index (χ3v) is 4.15. The normalized spacial score (nSPS) is 11.2. The minimum atomic E-state index is -1.22. The summed E-state index contributed by atoms with van der Waals surface area (Å²) in [5, 5.41) is 13.9. The van der Waals surface area contributed by atoms with E-state index in [2.05, 4.69) is 5.32 Å². The van der Waals surface area contributed by atoms with Crippen LogP contribution in [0.3, 0.4) is 0 Å². The summed E-state index contributed by atoms with van der Waals surface area (Å²) in [6, 6.07) is 1.63. The summed E-state index contributed by atoms with van der Waals surface area (Å²) in [7, 11) is 0. The molecule has 1 aromatic rings. The highest BCUT2D eigenvalue weighted by Gasteiger charge is 2.36. The number of carbonyl (C=O) groups excluding carboxylic acids is 1. The SMILES string of the molecule is CCN(C(=O)NCc1sccc1C)C(C)(C)C(=O)O. The van der Waals surface area contributed by atoms with Crippen molar-refractivity contribution in [1.82, 2.24) is 10.2 Å². The molecule has 1 rings (SSSR count). The first kappa shape index (κ1) is 15.5. The van der Waals surface area contributed by atoms with E-state index >= 15 is 0 Å². The molecule has 2 amide bonds. The van der Waals surface area contributed by atoms with Crippen LogP contribution in [0.1, 0.15) is 31.2 Å². The van der Waals surface area contributed by atoms with E-state index in [1.807, 2.05) is 18.4 Å². The number of nitrogens with zero attached hydrogens (tertiary/aromatic N) is 1. The Morgan fingerprint density at radius 2 is 2.11 bits per heavy atom. The van der Waals surface area contributed by atoms with Crippen molar-refractivity contribution < 1.29 is 14.7 Å². The maximum Gasteiger partial charge on any atom is 0.329 e. The molecule has 0 aliphatic carbocycles. The van der Waals surface area contributed by atoms with Crippen LogP contribution in [0.2, 0.25) is 0 Å². The van der Waals surface area contributed by atoms with E-state index in [4.69, 9.17) is 5.11 Å². The van der Waals surface area contributed by atoms with Gasteiger partial charge in [-0.05, 0) is 44.7 Å². The van der Waals surface area contributed by atoms with Gasteiger partial charge in [0.25, 0.3) is 0 Å². The van der Waals surface area contributed by atoms with E-state index < -0.39 is 11.5 Å². The van der Waals surface area contributed by atoms with Gasteiger partial charge in [-0.25, -0.2) is 9.59 Å². The molecule has 5 nitrogen and oxygen atoms in total. The molecule has 0 spiro atoms. The summed E-state index contributed by atoms with van der Waals surface area (Å²) in [6.07, 6.45) is 0. The third-order valence-electron chi connectivity index (χ3n) is 3.13. The fourth-order valence-corrected chi connectivity index (χ4v) is 2.59. The molecule has 0 aromatic carbocycles. The van der Waals surface area contributed by atoms with Crippen molar-refractivity contribution in [2.45, 2.75) is 39.8 Å². The van der Waals surface area contributed by atoms with Gasteiger partial charge >= 0.3 is 12.0 Å². The van der Waals surface area contributed by atoms with E-state index in [9.17, 15) is 9.59 Å². The molecule has 0 atom stereocenters. The second-order valence-electron chi connectivity index (χ2n) is 4.79. The van der Waals surface area contributed by atoms with Crippen molar-refractivity contribution in [3.8, 4) is 0 Å². The van der Waals surface area contributed by atoms with Crippen molar-refractivity contribution in [1.29, 1.82) is 0 Å². The molecule has 1 heterocycles. The highest BCUT2D eigenvalue weighted by molar-refractivity contribution is 7.10. The number of carboxylic acid groups (broad SMARTS) is 1. The first-order chi connectivity index (χ1) is 8.80. The first-order valence-electron chi connectivity index (χ1n) is 6.12. The van der Waals surface area contributed by atoms with Crippen molar-refractivity contribution in [2.75, 3.05) is 6.54 Å². The number of urea groups is 1. The van der Waals surface area contributed by atoms with E-state index in [1.165, 1.54) is 18.7 Å². The minimum Gasteiger partial charge on any atom is -0.480 e. The van der Waals surface area contributed by atoms with Crippen LogP contribution in [0.15, 0.2) is 11.4 Å². The standard InChI is InChI=1S/C13H20N2O3S/c1-5-15(13(3,4)11(16)17)12(18)14-8-10-9(2)6-7-19-10/h6-7H,5,8H2,1-4H3,(H,14,18)(H,16,17). The molecule has 1 aromatic heterocycles. The summed E-state index contributed by atoms with van der Waals surface area (Å²) < 4.78 is 0. The van der Waals surface area contributed by atoms with Gasteiger partial charge < -0.3 is 15.3 Å². The fraction of sp³-hybridized carbons (Fsp3) is 0.538. The lowest BCUT2D eigenvalue weighted by molar-refractivity contribution is -0.147. The number of hydrogen-bond acceptors (Lipinski definition) is 3. The number of rotatable bonds is 5. The topological polar surface area (TPSA) is 69.6 Å². The molecule has 0 saturated heterocycles. The van der Waals surface area contributed by atoms with E-state index in [-0.39, 0.29) is 6.03 Å². The molecule has 0 fully saturated rings.